The lowest BCUT2D eigenvalue weighted by Crippen LogP contribution is -2.57. The third-order valence-electron chi connectivity index (χ3n) is 3.88. The van der Waals surface area contributed by atoms with Crippen molar-refractivity contribution in [2.24, 2.45) is 0 Å². The van der Waals surface area contributed by atoms with Crippen LogP contribution in [0.3, 0.4) is 0 Å². The lowest BCUT2D eigenvalue weighted by Gasteiger charge is -2.47. The minimum absolute atomic E-state index is 0.125. The molecule has 0 aromatic carbocycles. The van der Waals surface area contributed by atoms with Crippen LogP contribution in [0.25, 0.3) is 0 Å². The number of likely N-dealkylation sites (N-methyl/N-ethyl adjacent to an activating group) is 1. The first-order valence-corrected chi connectivity index (χ1v) is 6.44. The molecule has 1 saturated carbocycles. The summed E-state index contributed by atoms with van der Waals surface area (Å²) < 4.78 is 0. The van der Waals surface area contributed by atoms with E-state index >= 15 is 0 Å². The van der Waals surface area contributed by atoms with Crippen LogP contribution in [0.4, 0.5) is 0 Å². The second-order valence-electron chi connectivity index (χ2n) is 5.11. The van der Waals surface area contributed by atoms with Crippen molar-refractivity contribution in [1.82, 2.24) is 25.4 Å². The SMILES string of the molecule is CCc1nc(C(=O)NCC2(N(C)C)CCC2)n[nH]1. The van der Waals surface area contributed by atoms with Crippen LogP contribution in [0.15, 0.2) is 0 Å². The summed E-state index contributed by atoms with van der Waals surface area (Å²) in [5, 5.41) is 9.60. The summed E-state index contributed by atoms with van der Waals surface area (Å²) in [5.41, 5.74) is 0.125. The molecule has 1 aliphatic rings. The van der Waals surface area contributed by atoms with Gasteiger partial charge in [0, 0.05) is 18.5 Å². The number of carbonyl (C=O) groups excluding carboxylic acids is 1. The van der Waals surface area contributed by atoms with E-state index in [1.165, 1.54) is 6.42 Å². The normalized spacial score (nSPS) is 17.6. The highest BCUT2D eigenvalue weighted by atomic mass is 16.2. The molecule has 0 atom stereocenters. The van der Waals surface area contributed by atoms with Gasteiger partial charge in [0.15, 0.2) is 0 Å². The molecule has 2 rings (SSSR count). The molecule has 1 fully saturated rings. The fraction of sp³-hybridized carbons (Fsp3) is 0.750. The summed E-state index contributed by atoms with van der Waals surface area (Å²) in [5.74, 6) is 0.783. The fourth-order valence-electron chi connectivity index (χ4n) is 2.25. The van der Waals surface area contributed by atoms with Crippen LogP contribution in [0.1, 0.15) is 42.6 Å². The Bertz CT molecular complexity index is 422. The van der Waals surface area contributed by atoms with E-state index in [2.05, 4.69) is 39.5 Å². The predicted molar refractivity (Wildman–Crippen MR) is 68.4 cm³/mol. The zero-order valence-corrected chi connectivity index (χ0v) is 11.3. The molecule has 1 aromatic rings. The summed E-state index contributed by atoms with van der Waals surface area (Å²) in [6, 6.07) is 0. The lowest BCUT2D eigenvalue weighted by molar-refractivity contribution is 0.0554. The number of nitrogens with one attached hydrogen (secondary N) is 2. The molecule has 6 heteroatoms. The van der Waals surface area contributed by atoms with Crippen molar-refractivity contribution in [3.05, 3.63) is 11.6 Å². The third kappa shape index (κ3) is 2.38. The van der Waals surface area contributed by atoms with E-state index in [4.69, 9.17) is 0 Å². The molecule has 1 aliphatic carbocycles. The summed E-state index contributed by atoms with van der Waals surface area (Å²) in [6.45, 7) is 2.63. The Labute approximate surface area is 107 Å². The van der Waals surface area contributed by atoms with E-state index in [0.29, 0.717) is 6.54 Å². The average Bonchev–Trinajstić information content (AvgIpc) is 2.75. The van der Waals surface area contributed by atoms with E-state index in [0.717, 1.165) is 25.1 Å². The molecule has 1 heterocycles. The Morgan fingerprint density at radius 1 is 1.50 bits per heavy atom. The number of carbonyl (C=O) groups is 1. The number of rotatable bonds is 5. The van der Waals surface area contributed by atoms with Crippen molar-refractivity contribution in [2.75, 3.05) is 20.6 Å². The first kappa shape index (κ1) is 13.0. The quantitative estimate of drug-likeness (QED) is 0.803. The van der Waals surface area contributed by atoms with Gasteiger partial charge in [0.1, 0.15) is 5.82 Å². The Balaban J connectivity index is 1.92. The van der Waals surface area contributed by atoms with Crippen molar-refractivity contribution < 1.29 is 4.79 Å². The highest BCUT2D eigenvalue weighted by Gasteiger charge is 2.39. The van der Waals surface area contributed by atoms with E-state index < -0.39 is 0 Å². The summed E-state index contributed by atoms with van der Waals surface area (Å²) in [6.07, 6.45) is 4.25. The van der Waals surface area contributed by atoms with Gasteiger partial charge in [0.25, 0.3) is 5.91 Å². The van der Waals surface area contributed by atoms with Crippen molar-refractivity contribution in [1.29, 1.82) is 0 Å². The van der Waals surface area contributed by atoms with Crippen molar-refractivity contribution in [2.45, 2.75) is 38.1 Å². The molecule has 0 spiro atoms. The van der Waals surface area contributed by atoms with Gasteiger partial charge >= 0.3 is 0 Å². The minimum Gasteiger partial charge on any atom is -0.347 e. The summed E-state index contributed by atoms with van der Waals surface area (Å²) >= 11 is 0. The van der Waals surface area contributed by atoms with Gasteiger partial charge in [-0.3, -0.25) is 9.89 Å². The largest absolute Gasteiger partial charge is 0.347 e. The molecular formula is C12H21N5O. The standard InChI is InChI=1S/C12H21N5O/c1-4-9-14-10(16-15-9)11(18)13-8-12(17(2)3)6-5-7-12/h4-8H2,1-3H3,(H,13,18)(H,14,15,16). The van der Waals surface area contributed by atoms with Crippen molar-refractivity contribution in [3.8, 4) is 0 Å². The number of aromatic nitrogens is 3. The maximum absolute atomic E-state index is 11.9. The highest BCUT2D eigenvalue weighted by molar-refractivity contribution is 5.90. The maximum atomic E-state index is 11.9. The van der Waals surface area contributed by atoms with Gasteiger partial charge in [-0.2, -0.15) is 0 Å². The van der Waals surface area contributed by atoms with E-state index in [9.17, 15) is 4.79 Å². The topological polar surface area (TPSA) is 73.9 Å². The second-order valence-corrected chi connectivity index (χ2v) is 5.11. The number of nitrogens with zero attached hydrogens (tertiary/aromatic N) is 3. The van der Waals surface area contributed by atoms with Crippen LogP contribution in [-0.4, -0.2) is 52.2 Å². The van der Waals surface area contributed by atoms with Gasteiger partial charge < -0.3 is 10.2 Å². The van der Waals surface area contributed by atoms with Gasteiger partial charge in [0.05, 0.1) is 0 Å². The number of hydrogen-bond donors (Lipinski definition) is 2. The van der Waals surface area contributed by atoms with Crippen molar-refractivity contribution >= 4 is 5.91 Å². The lowest BCUT2D eigenvalue weighted by atomic mass is 9.75. The first-order valence-electron chi connectivity index (χ1n) is 6.44. The molecule has 1 aromatic heterocycles. The van der Waals surface area contributed by atoms with Crippen LogP contribution in [0.2, 0.25) is 0 Å². The van der Waals surface area contributed by atoms with E-state index in [1.54, 1.807) is 0 Å². The van der Waals surface area contributed by atoms with E-state index in [-0.39, 0.29) is 17.3 Å². The Kier molecular flexibility index (Phi) is 3.65. The zero-order chi connectivity index (χ0) is 13.2. The predicted octanol–water partition coefficient (Wildman–Crippen LogP) is 0.581. The first-order chi connectivity index (χ1) is 8.57. The summed E-state index contributed by atoms with van der Waals surface area (Å²) in [4.78, 5) is 18.2. The minimum atomic E-state index is -0.195. The summed E-state index contributed by atoms with van der Waals surface area (Å²) in [7, 11) is 4.13. The Hall–Kier alpha value is -1.43. The molecule has 0 unspecified atom stereocenters. The number of aryl methyl sites for hydroxylation is 1. The average molecular weight is 251 g/mol. The van der Waals surface area contributed by atoms with Crippen LogP contribution in [-0.2, 0) is 6.42 Å². The molecule has 2 N–H and O–H groups in total. The maximum Gasteiger partial charge on any atom is 0.291 e. The number of hydrogen-bond acceptors (Lipinski definition) is 4. The molecule has 0 aliphatic heterocycles. The Morgan fingerprint density at radius 3 is 2.67 bits per heavy atom. The zero-order valence-electron chi connectivity index (χ0n) is 11.3. The molecule has 6 nitrogen and oxygen atoms in total. The molecule has 1 amide bonds. The second kappa shape index (κ2) is 5.06. The van der Waals surface area contributed by atoms with Crippen molar-refractivity contribution in [3.63, 3.8) is 0 Å². The monoisotopic (exact) mass is 251 g/mol. The van der Waals surface area contributed by atoms with Gasteiger partial charge in [0.2, 0.25) is 5.82 Å². The van der Waals surface area contributed by atoms with Crippen LogP contribution >= 0.6 is 0 Å². The smallest absolute Gasteiger partial charge is 0.291 e. The third-order valence-corrected chi connectivity index (χ3v) is 3.88. The fourth-order valence-corrected chi connectivity index (χ4v) is 2.25. The highest BCUT2D eigenvalue weighted by Crippen LogP contribution is 2.35. The van der Waals surface area contributed by atoms with Gasteiger partial charge in [-0.1, -0.05) is 6.92 Å². The molecule has 0 radical (unpaired) electrons. The molecule has 100 valence electrons. The van der Waals surface area contributed by atoms with Crippen LogP contribution in [0.5, 0.6) is 0 Å². The molecule has 0 saturated heterocycles. The van der Waals surface area contributed by atoms with Crippen LogP contribution < -0.4 is 5.32 Å². The van der Waals surface area contributed by atoms with E-state index in [1.807, 2.05) is 6.92 Å². The Morgan fingerprint density at radius 2 is 2.22 bits per heavy atom. The van der Waals surface area contributed by atoms with Gasteiger partial charge in [-0.25, -0.2) is 4.98 Å². The molecular weight excluding hydrogens is 230 g/mol. The number of aromatic amines is 1. The van der Waals surface area contributed by atoms with Gasteiger partial charge in [-0.15, -0.1) is 5.10 Å². The molecule has 18 heavy (non-hydrogen) atoms. The molecule has 0 bridgehead atoms. The van der Waals surface area contributed by atoms with Gasteiger partial charge in [-0.05, 0) is 33.4 Å². The number of H-pyrrole nitrogens is 1. The number of amides is 1. The van der Waals surface area contributed by atoms with Crippen LogP contribution in [0, 0.1) is 0 Å².